The Balaban J connectivity index is 1.37. The molecular weight excluding hydrogens is 300 g/mol. The van der Waals surface area contributed by atoms with Crippen molar-refractivity contribution in [1.82, 2.24) is 19.6 Å². The summed E-state index contributed by atoms with van der Waals surface area (Å²) in [4.78, 5) is 6.60. The lowest BCUT2D eigenvalue weighted by Crippen LogP contribution is -2.36. The summed E-state index contributed by atoms with van der Waals surface area (Å²) >= 11 is 0. The molecule has 1 aromatic carbocycles. The van der Waals surface area contributed by atoms with Crippen LogP contribution in [0, 0.1) is 5.92 Å². The van der Waals surface area contributed by atoms with E-state index in [1.165, 1.54) is 12.8 Å². The summed E-state index contributed by atoms with van der Waals surface area (Å²) in [5.41, 5.74) is 2.02. The zero-order valence-electron chi connectivity index (χ0n) is 13.7. The first-order chi connectivity index (χ1) is 11.9. The zero-order valence-corrected chi connectivity index (χ0v) is 13.7. The zero-order chi connectivity index (χ0) is 16.2. The fourth-order valence-electron chi connectivity index (χ4n) is 3.49. The molecule has 0 aliphatic carbocycles. The van der Waals surface area contributed by atoms with Gasteiger partial charge in [-0.1, -0.05) is 35.5 Å². The van der Waals surface area contributed by atoms with Crippen molar-refractivity contribution in [3.8, 4) is 11.3 Å². The first-order valence-electron chi connectivity index (χ1n) is 8.56. The Labute approximate surface area is 141 Å². The number of hydrogen-bond acceptors (Lipinski definition) is 4. The SMILES string of the molecule is c1ccc(-c2cc(CN3CCC[C@H](Cn4ccnc4)C3)on2)cc1. The van der Waals surface area contributed by atoms with Gasteiger partial charge in [0, 0.05) is 37.1 Å². The molecule has 2 aromatic heterocycles. The van der Waals surface area contributed by atoms with E-state index in [1.807, 2.05) is 36.9 Å². The maximum absolute atomic E-state index is 5.56. The summed E-state index contributed by atoms with van der Waals surface area (Å²) in [5, 5.41) is 4.22. The van der Waals surface area contributed by atoms with E-state index >= 15 is 0 Å². The third kappa shape index (κ3) is 3.57. The van der Waals surface area contributed by atoms with E-state index in [-0.39, 0.29) is 0 Å². The lowest BCUT2D eigenvalue weighted by atomic mass is 9.98. The molecular formula is C19H22N4O. The molecule has 124 valence electrons. The van der Waals surface area contributed by atoms with Crippen molar-refractivity contribution in [3.05, 3.63) is 60.9 Å². The second kappa shape index (κ2) is 7.01. The molecule has 0 spiro atoms. The maximum atomic E-state index is 5.56. The van der Waals surface area contributed by atoms with E-state index in [9.17, 15) is 0 Å². The van der Waals surface area contributed by atoms with Crippen LogP contribution in [0.15, 0.2) is 59.6 Å². The van der Waals surface area contributed by atoms with Crippen LogP contribution in [0.1, 0.15) is 18.6 Å². The van der Waals surface area contributed by atoms with Gasteiger partial charge in [0.15, 0.2) is 5.76 Å². The van der Waals surface area contributed by atoms with E-state index in [2.05, 4.69) is 37.8 Å². The second-order valence-corrected chi connectivity index (χ2v) is 6.55. The lowest BCUT2D eigenvalue weighted by Gasteiger charge is -2.32. The van der Waals surface area contributed by atoms with Crippen LogP contribution in [0.2, 0.25) is 0 Å². The van der Waals surface area contributed by atoms with Crippen LogP contribution in [-0.4, -0.2) is 32.7 Å². The van der Waals surface area contributed by atoms with Gasteiger partial charge in [-0.25, -0.2) is 4.98 Å². The fraction of sp³-hybridized carbons (Fsp3) is 0.368. The van der Waals surface area contributed by atoms with Crippen molar-refractivity contribution in [3.63, 3.8) is 0 Å². The Morgan fingerprint density at radius 3 is 2.96 bits per heavy atom. The van der Waals surface area contributed by atoms with Crippen molar-refractivity contribution >= 4 is 0 Å². The first-order valence-corrected chi connectivity index (χ1v) is 8.56. The topological polar surface area (TPSA) is 47.1 Å². The number of imidazole rings is 1. The Kier molecular flexibility index (Phi) is 4.42. The highest BCUT2D eigenvalue weighted by Crippen LogP contribution is 2.23. The number of likely N-dealkylation sites (tertiary alicyclic amines) is 1. The van der Waals surface area contributed by atoms with Crippen LogP contribution in [0.25, 0.3) is 11.3 Å². The molecule has 1 atom stereocenters. The Hall–Kier alpha value is -2.40. The smallest absolute Gasteiger partial charge is 0.151 e. The Morgan fingerprint density at radius 2 is 2.12 bits per heavy atom. The molecule has 5 heteroatoms. The van der Waals surface area contributed by atoms with Crippen LogP contribution in [-0.2, 0) is 13.1 Å². The highest BCUT2D eigenvalue weighted by Gasteiger charge is 2.21. The van der Waals surface area contributed by atoms with Gasteiger partial charge in [0.25, 0.3) is 0 Å². The first kappa shape index (κ1) is 15.1. The summed E-state index contributed by atoms with van der Waals surface area (Å²) in [7, 11) is 0. The van der Waals surface area contributed by atoms with Crippen molar-refractivity contribution < 1.29 is 4.52 Å². The lowest BCUT2D eigenvalue weighted by molar-refractivity contribution is 0.143. The van der Waals surface area contributed by atoms with Gasteiger partial charge in [-0.3, -0.25) is 4.90 Å². The molecule has 3 aromatic rings. The van der Waals surface area contributed by atoms with Gasteiger partial charge < -0.3 is 9.09 Å². The third-order valence-corrected chi connectivity index (χ3v) is 4.64. The average molecular weight is 322 g/mol. The normalized spacial score (nSPS) is 18.8. The van der Waals surface area contributed by atoms with Crippen LogP contribution in [0.4, 0.5) is 0 Å². The summed E-state index contributed by atoms with van der Waals surface area (Å²) in [6.07, 6.45) is 8.31. The molecule has 0 radical (unpaired) electrons. The number of rotatable bonds is 5. The largest absolute Gasteiger partial charge is 0.359 e. The Morgan fingerprint density at radius 1 is 1.21 bits per heavy atom. The molecule has 4 rings (SSSR count). The summed E-state index contributed by atoms with van der Waals surface area (Å²) in [5.74, 6) is 1.61. The number of hydrogen-bond donors (Lipinski definition) is 0. The van der Waals surface area contributed by atoms with E-state index in [0.717, 1.165) is 43.2 Å². The molecule has 1 saturated heterocycles. The molecule has 5 nitrogen and oxygen atoms in total. The van der Waals surface area contributed by atoms with Crippen LogP contribution in [0.5, 0.6) is 0 Å². The third-order valence-electron chi connectivity index (χ3n) is 4.64. The van der Waals surface area contributed by atoms with Gasteiger partial charge in [0.1, 0.15) is 5.69 Å². The molecule has 0 amide bonds. The molecule has 24 heavy (non-hydrogen) atoms. The van der Waals surface area contributed by atoms with Crippen molar-refractivity contribution in [2.75, 3.05) is 13.1 Å². The standard InChI is InChI=1S/C19H22N4O/c1-2-6-17(7-3-1)19-11-18(24-21-19)14-22-9-4-5-16(12-22)13-23-10-8-20-15-23/h1-3,6-8,10-11,15-16H,4-5,9,12-14H2/t16-/m0/s1. The van der Waals surface area contributed by atoms with E-state index in [4.69, 9.17) is 4.52 Å². The van der Waals surface area contributed by atoms with Crippen LogP contribution < -0.4 is 0 Å². The number of aromatic nitrogens is 3. The second-order valence-electron chi connectivity index (χ2n) is 6.55. The van der Waals surface area contributed by atoms with Gasteiger partial charge in [0.2, 0.25) is 0 Å². The van der Waals surface area contributed by atoms with E-state index in [1.54, 1.807) is 0 Å². The highest BCUT2D eigenvalue weighted by molar-refractivity contribution is 5.58. The van der Waals surface area contributed by atoms with Crippen LogP contribution in [0.3, 0.4) is 0 Å². The number of nitrogens with zero attached hydrogens (tertiary/aromatic N) is 4. The van der Waals surface area contributed by atoms with Crippen molar-refractivity contribution in [1.29, 1.82) is 0 Å². The monoisotopic (exact) mass is 322 g/mol. The molecule has 0 saturated carbocycles. The molecule has 1 fully saturated rings. The minimum Gasteiger partial charge on any atom is -0.359 e. The fourth-order valence-corrected chi connectivity index (χ4v) is 3.49. The molecule has 0 unspecified atom stereocenters. The predicted molar refractivity (Wildman–Crippen MR) is 92.2 cm³/mol. The Bertz CT molecular complexity index is 751. The summed E-state index contributed by atoms with van der Waals surface area (Å²) in [6.45, 7) is 4.10. The predicted octanol–water partition coefficient (Wildman–Crippen LogP) is 3.45. The molecule has 3 heterocycles. The van der Waals surface area contributed by atoms with Gasteiger partial charge in [-0.05, 0) is 25.3 Å². The molecule has 0 bridgehead atoms. The van der Waals surface area contributed by atoms with E-state index in [0.29, 0.717) is 5.92 Å². The quantitative estimate of drug-likeness (QED) is 0.722. The summed E-state index contributed by atoms with van der Waals surface area (Å²) in [6, 6.07) is 12.2. The van der Waals surface area contributed by atoms with Gasteiger partial charge in [-0.15, -0.1) is 0 Å². The minimum atomic E-state index is 0.671. The minimum absolute atomic E-state index is 0.671. The maximum Gasteiger partial charge on any atom is 0.151 e. The number of piperidine rings is 1. The van der Waals surface area contributed by atoms with Crippen molar-refractivity contribution in [2.24, 2.45) is 5.92 Å². The van der Waals surface area contributed by atoms with Crippen molar-refractivity contribution in [2.45, 2.75) is 25.9 Å². The van der Waals surface area contributed by atoms with Gasteiger partial charge in [-0.2, -0.15) is 0 Å². The average Bonchev–Trinajstić information content (AvgIpc) is 3.28. The molecule has 1 aliphatic heterocycles. The summed E-state index contributed by atoms with van der Waals surface area (Å²) < 4.78 is 7.73. The number of benzene rings is 1. The highest BCUT2D eigenvalue weighted by atomic mass is 16.5. The molecule has 1 aliphatic rings. The van der Waals surface area contributed by atoms with Gasteiger partial charge in [0.05, 0.1) is 12.9 Å². The van der Waals surface area contributed by atoms with Gasteiger partial charge >= 0.3 is 0 Å². The van der Waals surface area contributed by atoms with Crippen LogP contribution >= 0.6 is 0 Å². The van der Waals surface area contributed by atoms with E-state index < -0.39 is 0 Å². The molecule has 0 N–H and O–H groups in total.